The second-order valence-corrected chi connectivity index (χ2v) is 11.7. The van der Waals surface area contributed by atoms with Crippen molar-refractivity contribution >= 4 is 52.2 Å². The number of nitrogens with one attached hydrogen (secondary N) is 2. The minimum atomic E-state index is -4.65. The molecule has 1 saturated heterocycles. The Kier molecular flexibility index (Phi) is 7.15. The lowest BCUT2D eigenvalue weighted by atomic mass is 9.83. The van der Waals surface area contributed by atoms with E-state index in [9.17, 15) is 32.3 Å². The molecule has 2 aliphatic rings. The van der Waals surface area contributed by atoms with Crippen molar-refractivity contribution in [2.24, 2.45) is 5.92 Å². The molecule has 42 heavy (non-hydrogen) atoms. The lowest BCUT2D eigenvalue weighted by molar-refractivity contribution is -0.137. The average Bonchev–Trinajstić information content (AvgIpc) is 3.46. The predicted molar refractivity (Wildman–Crippen MR) is 151 cm³/mol. The first-order chi connectivity index (χ1) is 20.1. The number of rotatable bonds is 6. The Hall–Kier alpha value is -4.36. The van der Waals surface area contributed by atoms with Gasteiger partial charge in [0.15, 0.2) is 6.61 Å². The highest BCUT2D eigenvalue weighted by molar-refractivity contribution is 8.00. The van der Waals surface area contributed by atoms with Gasteiger partial charge in [-0.25, -0.2) is 4.90 Å². The van der Waals surface area contributed by atoms with Gasteiger partial charge in [-0.15, -0.1) is 0 Å². The quantitative estimate of drug-likeness (QED) is 0.288. The number of thiazole rings is 1. The lowest BCUT2D eigenvalue weighted by Gasteiger charge is -2.29. The van der Waals surface area contributed by atoms with E-state index in [-0.39, 0.29) is 23.1 Å². The number of alkyl halides is 3. The molecule has 3 aromatic carbocycles. The molecule has 0 unspecified atom stereocenters. The van der Waals surface area contributed by atoms with Gasteiger partial charge in [-0.1, -0.05) is 59.5 Å². The summed E-state index contributed by atoms with van der Waals surface area (Å²) in [4.78, 5) is 55.5. The monoisotopic (exact) mass is 611 g/mol. The van der Waals surface area contributed by atoms with Gasteiger partial charge in [0.1, 0.15) is 11.0 Å². The van der Waals surface area contributed by atoms with E-state index in [0.29, 0.717) is 26.9 Å². The molecule has 13 heteroatoms. The molecular weight excluding hydrogens is 591 g/mol. The molecule has 0 bridgehead atoms. The molecule has 6 rings (SSSR count). The summed E-state index contributed by atoms with van der Waals surface area (Å²) in [7, 11) is 0. The van der Waals surface area contributed by atoms with E-state index in [4.69, 9.17) is 4.74 Å². The topological polar surface area (TPSA) is 109 Å². The summed E-state index contributed by atoms with van der Waals surface area (Å²) < 4.78 is 45.7. The number of carbonyl (C=O) groups excluding carboxylic acids is 3. The van der Waals surface area contributed by atoms with Gasteiger partial charge >= 0.3 is 11.0 Å². The second kappa shape index (κ2) is 10.8. The van der Waals surface area contributed by atoms with Crippen LogP contribution in [0.1, 0.15) is 21.9 Å². The van der Waals surface area contributed by atoms with Crippen molar-refractivity contribution in [3.05, 3.63) is 105 Å². The summed E-state index contributed by atoms with van der Waals surface area (Å²) >= 11 is 1.95. The molecule has 3 atom stereocenters. The summed E-state index contributed by atoms with van der Waals surface area (Å²) in [5.41, 5.74) is 0.0939. The maximum absolute atomic E-state index is 13.8. The number of halogens is 3. The van der Waals surface area contributed by atoms with Crippen LogP contribution >= 0.6 is 23.1 Å². The molecule has 1 aromatic heterocycles. The second-order valence-electron chi connectivity index (χ2n) is 9.58. The summed E-state index contributed by atoms with van der Waals surface area (Å²) in [6, 6.07) is 19.6. The van der Waals surface area contributed by atoms with Crippen LogP contribution < -0.4 is 19.8 Å². The molecule has 2 N–H and O–H groups in total. The molecule has 2 aliphatic heterocycles. The Morgan fingerprint density at radius 1 is 0.952 bits per heavy atom. The number of para-hydroxylation sites is 1. The number of amides is 3. The van der Waals surface area contributed by atoms with Gasteiger partial charge in [-0.2, -0.15) is 13.2 Å². The van der Waals surface area contributed by atoms with Gasteiger partial charge < -0.3 is 15.0 Å². The number of nitrogens with zero attached hydrogens (tertiary/aromatic N) is 1. The molecule has 0 spiro atoms. The van der Waals surface area contributed by atoms with Crippen molar-refractivity contribution in [1.82, 2.24) is 4.98 Å². The van der Waals surface area contributed by atoms with E-state index in [1.165, 1.54) is 6.07 Å². The number of aromatic amines is 1. The molecule has 0 radical (unpaired) electrons. The van der Waals surface area contributed by atoms with E-state index in [2.05, 4.69) is 10.3 Å². The normalized spacial score (nSPS) is 19.8. The highest BCUT2D eigenvalue weighted by Crippen LogP contribution is 2.53. The lowest BCUT2D eigenvalue weighted by Crippen LogP contribution is -2.32. The van der Waals surface area contributed by atoms with Crippen LogP contribution in [0.25, 0.3) is 0 Å². The van der Waals surface area contributed by atoms with Crippen LogP contribution in [0.3, 0.4) is 0 Å². The summed E-state index contributed by atoms with van der Waals surface area (Å²) in [5.74, 6) is -2.94. The molecule has 0 aliphatic carbocycles. The SMILES string of the molecule is O=C(COc1ccc([C@@H]2c3sc(=O)[nH]c3S[C@H]3C(=O)N(c4cccc(C(F)(F)F)c4)C(=O)[C@@H]23)cc1)Nc1ccccc1. The zero-order valence-corrected chi connectivity index (χ0v) is 23.0. The van der Waals surface area contributed by atoms with Crippen LogP contribution in [0.5, 0.6) is 5.75 Å². The van der Waals surface area contributed by atoms with E-state index < -0.39 is 40.6 Å². The van der Waals surface area contributed by atoms with Crippen LogP contribution in [0, 0.1) is 5.92 Å². The Labute approximate surface area is 244 Å². The number of thioether (sulfide) groups is 1. The molecule has 3 amide bonds. The molecule has 8 nitrogen and oxygen atoms in total. The van der Waals surface area contributed by atoms with Crippen LogP contribution in [0.15, 0.2) is 88.7 Å². The Balaban J connectivity index is 1.27. The zero-order valence-electron chi connectivity index (χ0n) is 21.4. The number of anilines is 2. The van der Waals surface area contributed by atoms with E-state index in [1.54, 1.807) is 48.5 Å². The van der Waals surface area contributed by atoms with Crippen LogP contribution in [-0.4, -0.2) is 34.6 Å². The molecule has 1 fully saturated rings. The third-order valence-electron chi connectivity index (χ3n) is 6.92. The number of imide groups is 1. The Morgan fingerprint density at radius 2 is 1.69 bits per heavy atom. The summed E-state index contributed by atoms with van der Waals surface area (Å²) in [5, 5.41) is 2.21. The number of H-pyrrole nitrogens is 1. The summed E-state index contributed by atoms with van der Waals surface area (Å²) in [6.45, 7) is -0.248. The number of hydrogen-bond donors (Lipinski definition) is 2. The van der Waals surface area contributed by atoms with Crippen molar-refractivity contribution in [2.75, 3.05) is 16.8 Å². The maximum atomic E-state index is 13.8. The van der Waals surface area contributed by atoms with Crippen molar-refractivity contribution < 1.29 is 32.3 Å². The first-order valence-electron chi connectivity index (χ1n) is 12.6. The largest absolute Gasteiger partial charge is 0.484 e. The van der Waals surface area contributed by atoms with Crippen LogP contribution in [0.4, 0.5) is 24.5 Å². The van der Waals surface area contributed by atoms with Crippen LogP contribution in [0.2, 0.25) is 0 Å². The van der Waals surface area contributed by atoms with E-state index in [0.717, 1.165) is 46.2 Å². The Morgan fingerprint density at radius 3 is 2.40 bits per heavy atom. The van der Waals surface area contributed by atoms with Gasteiger partial charge in [0, 0.05) is 16.5 Å². The van der Waals surface area contributed by atoms with Crippen molar-refractivity contribution in [1.29, 1.82) is 0 Å². The van der Waals surface area contributed by atoms with Gasteiger partial charge in [-0.3, -0.25) is 19.2 Å². The smallest absolute Gasteiger partial charge is 0.416 e. The van der Waals surface area contributed by atoms with Crippen molar-refractivity contribution in [3.8, 4) is 5.75 Å². The van der Waals surface area contributed by atoms with Crippen molar-refractivity contribution in [2.45, 2.75) is 22.4 Å². The number of hydrogen-bond acceptors (Lipinski definition) is 7. The Bertz CT molecular complexity index is 1740. The third kappa shape index (κ3) is 5.21. The zero-order chi connectivity index (χ0) is 29.6. The fourth-order valence-electron chi connectivity index (χ4n) is 5.09. The fraction of sp³-hybridized carbons (Fsp3) is 0.172. The van der Waals surface area contributed by atoms with Crippen LogP contribution in [-0.2, 0) is 20.6 Å². The first kappa shape index (κ1) is 27.8. The fourth-order valence-corrected chi connectivity index (χ4v) is 7.61. The molecule has 3 heterocycles. The van der Waals surface area contributed by atoms with Gasteiger partial charge in [0.05, 0.1) is 22.2 Å². The number of benzene rings is 3. The van der Waals surface area contributed by atoms with E-state index in [1.807, 2.05) is 6.07 Å². The van der Waals surface area contributed by atoms with Gasteiger partial charge in [0.2, 0.25) is 11.8 Å². The molecular formula is C29H20F3N3O5S2. The first-order valence-corrected chi connectivity index (χ1v) is 14.3. The highest BCUT2D eigenvalue weighted by atomic mass is 32.2. The van der Waals surface area contributed by atoms with Crippen molar-refractivity contribution in [3.63, 3.8) is 0 Å². The number of fused-ring (bicyclic) bond motifs is 2. The molecule has 4 aromatic rings. The number of aromatic nitrogens is 1. The number of ether oxygens (including phenoxy) is 1. The molecule has 0 saturated carbocycles. The maximum Gasteiger partial charge on any atom is 0.416 e. The predicted octanol–water partition coefficient (Wildman–Crippen LogP) is 5.27. The molecule has 214 valence electrons. The van der Waals surface area contributed by atoms with E-state index >= 15 is 0 Å². The standard InChI is InChI=1S/C29H20F3N3O5S2/c30-29(31,32)16-5-4-8-18(13-16)35-26(37)22-21(23-25(34-28(39)42-23)41-24(22)27(35)38)15-9-11-19(12-10-15)40-14-20(36)33-17-6-2-1-3-7-17/h1-13,21-22,24H,14H2,(H,33,36)(H,34,39)/t21-,22-,24+/m0/s1. The average molecular weight is 612 g/mol. The van der Waals surface area contributed by atoms with Gasteiger partial charge in [0.25, 0.3) is 5.91 Å². The number of carbonyl (C=O) groups is 3. The minimum absolute atomic E-state index is 0.164. The van der Waals surface area contributed by atoms with Gasteiger partial charge in [-0.05, 0) is 48.0 Å². The minimum Gasteiger partial charge on any atom is -0.484 e. The summed E-state index contributed by atoms with van der Waals surface area (Å²) in [6.07, 6.45) is -4.65. The third-order valence-corrected chi connectivity index (χ3v) is 9.32. The highest BCUT2D eigenvalue weighted by Gasteiger charge is 2.56.